The summed E-state index contributed by atoms with van der Waals surface area (Å²) < 4.78 is 33.9. The molecule has 1 aliphatic carbocycles. The highest BCUT2D eigenvalue weighted by molar-refractivity contribution is 7.89. The molecule has 3 aromatic rings. The number of nitrogens with zero attached hydrogens (tertiary/aromatic N) is 3. The number of carbonyl (C=O) groups is 2. The number of sulfonamides is 1. The van der Waals surface area contributed by atoms with Gasteiger partial charge in [-0.1, -0.05) is 39.0 Å². The molecule has 2 heterocycles. The summed E-state index contributed by atoms with van der Waals surface area (Å²) in [4.78, 5) is 39.9. The first-order valence-electron chi connectivity index (χ1n) is 13.0. The van der Waals surface area contributed by atoms with Gasteiger partial charge >= 0.3 is 5.97 Å². The number of nitrogens with one attached hydrogen (secondary N) is 1. The third-order valence-corrected chi connectivity index (χ3v) is 10.1. The Morgan fingerprint density at radius 1 is 1.17 bits per heavy atom. The molecule has 11 nitrogen and oxygen atoms in total. The smallest absolute Gasteiger partial charge is 0.338 e. The molecule has 0 radical (unpaired) electrons. The van der Waals surface area contributed by atoms with Crippen LogP contribution in [0.15, 0.2) is 58.8 Å². The Labute approximate surface area is 241 Å². The van der Waals surface area contributed by atoms with Crippen LogP contribution in [0.4, 0.5) is 10.8 Å². The van der Waals surface area contributed by atoms with Gasteiger partial charge in [0, 0.05) is 35.7 Å². The summed E-state index contributed by atoms with van der Waals surface area (Å²) in [5.74, 6) is -1.47. The number of anilines is 1. The highest BCUT2D eigenvalue weighted by Gasteiger charge is 2.53. The van der Waals surface area contributed by atoms with Gasteiger partial charge in [0.1, 0.15) is 0 Å². The number of rotatable bonds is 8. The number of nitro groups is 1. The van der Waals surface area contributed by atoms with Crippen LogP contribution < -0.4 is 5.32 Å². The van der Waals surface area contributed by atoms with E-state index in [0.717, 1.165) is 30.6 Å². The molecule has 1 saturated carbocycles. The number of thiazole rings is 1. The summed E-state index contributed by atoms with van der Waals surface area (Å²) in [6, 6.07) is 11.6. The molecule has 5 rings (SSSR count). The number of esters is 1. The molecule has 2 fully saturated rings. The van der Waals surface area contributed by atoms with Gasteiger partial charge in [-0.3, -0.25) is 20.2 Å². The lowest BCUT2D eigenvalue weighted by molar-refractivity contribution is -0.384. The van der Waals surface area contributed by atoms with Crippen molar-refractivity contribution in [3.05, 3.63) is 69.6 Å². The molecule has 13 heteroatoms. The van der Waals surface area contributed by atoms with Gasteiger partial charge in [-0.25, -0.2) is 18.2 Å². The van der Waals surface area contributed by atoms with Crippen molar-refractivity contribution in [2.75, 3.05) is 18.5 Å². The fourth-order valence-corrected chi connectivity index (χ4v) is 8.78. The summed E-state index contributed by atoms with van der Waals surface area (Å²) in [6.07, 6.45) is 2.55. The second-order valence-corrected chi connectivity index (χ2v) is 14.5. The highest BCUT2D eigenvalue weighted by atomic mass is 32.2. The maximum atomic E-state index is 13.6. The zero-order valence-electron chi connectivity index (χ0n) is 22.8. The average molecular weight is 599 g/mol. The van der Waals surface area contributed by atoms with Crippen molar-refractivity contribution in [2.24, 2.45) is 10.8 Å². The molecule has 1 N–H and O–H groups in total. The maximum Gasteiger partial charge on any atom is 0.338 e. The maximum absolute atomic E-state index is 13.6. The van der Waals surface area contributed by atoms with Crippen molar-refractivity contribution in [1.82, 2.24) is 9.29 Å². The molecule has 2 atom stereocenters. The fourth-order valence-electron chi connectivity index (χ4n) is 6.22. The molecule has 2 bridgehead atoms. The molecular weight excluding hydrogens is 568 g/mol. The molecule has 1 saturated heterocycles. The molecule has 1 amide bonds. The number of non-ortho nitro benzene ring substituents is 1. The van der Waals surface area contributed by atoms with Crippen LogP contribution in [-0.2, 0) is 19.6 Å². The second kappa shape index (κ2) is 10.6. The van der Waals surface area contributed by atoms with Crippen LogP contribution in [-0.4, -0.2) is 53.7 Å². The van der Waals surface area contributed by atoms with Crippen LogP contribution in [0, 0.1) is 20.9 Å². The van der Waals surface area contributed by atoms with E-state index in [-0.39, 0.29) is 38.1 Å². The van der Waals surface area contributed by atoms with Gasteiger partial charge in [-0.15, -0.1) is 11.3 Å². The molecule has 0 spiro atoms. The van der Waals surface area contributed by atoms with Crippen molar-refractivity contribution in [2.45, 2.75) is 51.0 Å². The Hall–Kier alpha value is -3.68. The minimum Gasteiger partial charge on any atom is -0.452 e. The number of fused-ring (bicyclic) bond motifs is 2. The number of nitro benzene ring substituents is 1. The largest absolute Gasteiger partial charge is 0.452 e. The standard InChI is InChI=1S/C28H30N4O7S2/c1-27(2)12-21-13-28(3,16-27)17-31(21)41(37,38)22-9-5-7-19(11-22)25(34)39-14-24(33)30-26-29-23(15-40-26)18-6-4-8-20(10-18)32(35)36/h4-11,15,21H,12-14,16-17H2,1-3H3,(H,29,30,33). The SMILES string of the molecule is CC1(C)CC2CC(C)(CN2S(=O)(=O)c2cccc(C(=O)OCC(=O)Nc3nc(-c4cccc([N+](=O)[O-])c4)cs3)c2)C1. The molecule has 216 valence electrons. The topological polar surface area (TPSA) is 149 Å². The third kappa shape index (κ3) is 6.16. The first-order chi connectivity index (χ1) is 19.2. The van der Waals surface area contributed by atoms with Crippen molar-refractivity contribution < 1.29 is 27.7 Å². The molecule has 2 aromatic carbocycles. The van der Waals surface area contributed by atoms with E-state index in [1.54, 1.807) is 21.8 Å². The van der Waals surface area contributed by atoms with E-state index in [9.17, 15) is 28.1 Å². The summed E-state index contributed by atoms with van der Waals surface area (Å²) in [6.45, 7) is 6.31. The number of benzene rings is 2. The predicted octanol–water partition coefficient (Wildman–Crippen LogP) is 5.10. The Balaban J connectivity index is 1.21. The van der Waals surface area contributed by atoms with Gasteiger partial charge in [-0.2, -0.15) is 4.31 Å². The monoisotopic (exact) mass is 598 g/mol. The van der Waals surface area contributed by atoms with Crippen LogP contribution in [0.3, 0.4) is 0 Å². The predicted molar refractivity (Wildman–Crippen MR) is 153 cm³/mol. The molecule has 2 aliphatic rings. The lowest BCUT2D eigenvalue weighted by atomic mass is 9.65. The first-order valence-corrected chi connectivity index (χ1v) is 15.4. The van der Waals surface area contributed by atoms with E-state index in [2.05, 4.69) is 31.1 Å². The van der Waals surface area contributed by atoms with Crippen LogP contribution >= 0.6 is 11.3 Å². The van der Waals surface area contributed by atoms with Gasteiger partial charge in [-0.05, 0) is 48.3 Å². The van der Waals surface area contributed by atoms with E-state index in [4.69, 9.17) is 4.74 Å². The number of amides is 1. The van der Waals surface area contributed by atoms with Gasteiger partial charge < -0.3 is 4.74 Å². The number of carbonyl (C=O) groups excluding carboxylic acids is 2. The molecule has 1 aromatic heterocycles. The van der Waals surface area contributed by atoms with E-state index in [0.29, 0.717) is 17.8 Å². The van der Waals surface area contributed by atoms with Crippen molar-refractivity contribution in [3.8, 4) is 11.3 Å². The third-order valence-electron chi connectivity index (χ3n) is 7.48. The van der Waals surface area contributed by atoms with Crippen LogP contribution in [0.25, 0.3) is 11.3 Å². The molecular formula is C28H30N4O7S2. The number of hydrogen-bond donors (Lipinski definition) is 1. The summed E-state index contributed by atoms with van der Waals surface area (Å²) in [7, 11) is -3.84. The minimum atomic E-state index is -3.84. The van der Waals surface area contributed by atoms with Crippen LogP contribution in [0.1, 0.15) is 50.4 Å². The van der Waals surface area contributed by atoms with E-state index in [1.165, 1.54) is 36.4 Å². The van der Waals surface area contributed by atoms with Crippen molar-refractivity contribution >= 4 is 44.1 Å². The second-order valence-electron chi connectivity index (χ2n) is 11.8. The molecule has 1 aliphatic heterocycles. The zero-order valence-corrected chi connectivity index (χ0v) is 24.5. The summed E-state index contributed by atoms with van der Waals surface area (Å²) in [5.41, 5.74) is 0.883. The lowest BCUT2D eigenvalue weighted by Crippen LogP contribution is -2.37. The van der Waals surface area contributed by atoms with Crippen LogP contribution in [0.2, 0.25) is 0 Å². The lowest BCUT2D eigenvalue weighted by Gasteiger charge is -2.39. The number of aromatic nitrogens is 1. The molecule has 41 heavy (non-hydrogen) atoms. The Morgan fingerprint density at radius 3 is 2.68 bits per heavy atom. The number of hydrogen-bond acceptors (Lipinski definition) is 9. The van der Waals surface area contributed by atoms with E-state index >= 15 is 0 Å². The summed E-state index contributed by atoms with van der Waals surface area (Å²) in [5, 5.41) is 15.4. The van der Waals surface area contributed by atoms with Crippen LogP contribution in [0.5, 0.6) is 0 Å². The molecule has 2 unspecified atom stereocenters. The minimum absolute atomic E-state index is 0.0156. The van der Waals surface area contributed by atoms with E-state index < -0.39 is 33.4 Å². The first kappa shape index (κ1) is 28.8. The quantitative estimate of drug-likeness (QED) is 0.214. The zero-order chi connectivity index (χ0) is 29.6. The van der Waals surface area contributed by atoms with Crippen molar-refractivity contribution in [1.29, 1.82) is 0 Å². The Kier molecular flexibility index (Phi) is 7.47. The summed E-state index contributed by atoms with van der Waals surface area (Å²) >= 11 is 1.12. The number of ether oxygens (including phenoxy) is 1. The highest BCUT2D eigenvalue weighted by Crippen LogP contribution is 2.53. The Morgan fingerprint density at radius 2 is 1.93 bits per heavy atom. The van der Waals surface area contributed by atoms with Crippen molar-refractivity contribution in [3.63, 3.8) is 0 Å². The van der Waals surface area contributed by atoms with Gasteiger partial charge in [0.05, 0.1) is 21.1 Å². The normalized spacial score (nSPS) is 21.8. The fraction of sp³-hybridized carbons (Fsp3) is 0.393. The van der Waals surface area contributed by atoms with Gasteiger partial charge in [0.2, 0.25) is 10.0 Å². The average Bonchev–Trinajstić information content (AvgIpc) is 3.48. The van der Waals surface area contributed by atoms with E-state index in [1.807, 2.05) is 0 Å². The van der Waals surface area contributed by atoms with Gasteiger partial charge in [0.25, 0.3) is 11.6 Å². The van der Waals surface area contributed by atoms with Gasteiger partial charge in [0.15, 0.2) is 11.7 Å². The Bertz CT molecular complexity index is 1640.